The van der Waals surface area contributed by atoms with Crippen LogP contribution in [0.3, 0.4) is 0 Å². The van der Waals surface area contributed by atoms with Crippen molar-refractivity contribution in [1.82, 2.24) is 5.32 Å². The van der Waals surface area contributed by atoms with Crippen LogP contribution in [0.25, 0.3) is 0 Å². The van der Waals surface area contributed by atoms with E-state index in [0.717, 1.165) is 6.54 Å². The van der Waals surface area contributed by atoms with Crippen LogP contribution >= 0.6 is 0 Å². The highest BCUT2D eigenvalue weighted by Crippen LogP contribution is 2.23. The van der Waals surface area contributed by atoms with Crippen LogP contribution in [0.4, 0.5) is 0 Å². The Bertz CT molecular complexity index is 298. The summed E-state index contributed by atoms with van der Waals surface area (Å²) in [7, 11) is 1.91. The highest BCUT2D eigenvalue weighted by atomic mass is 16.3. The lowest BCUT2D eigenvalue weighted by Gasteiger charge is -2.27. The van der Waals surface area contributed by atoms with Gasteiger partial charge in [0, 0.05) is 12.0 Å². The van der Waals surface area contributed by atoms with Crippen molar-refractivity contribution in [3.63, 3.8) is 0 Å². The van der Waals surface area contributed by atoms with Gasteiger partial charge in [0.25, 0.3) is 0 Å². The smallest absolute Gasteiger partial charge is 0.0537 e. The molecular weight excluding hydrogens is 174 g/mol. The molecule has 2 nitrogen and oxygen atoms in total. The molecule has 1 atom stereocenters. The number of rotatable bonds is 4. The number of likely N-dealkylation sites (N-methyl/N-ethyl adjacent to an activating group) is 1. The molecule has 1 rings (SSSR count). The molecule has 1 aromatic carbocycles. The number of hydrogen-bond donors (Lipinski definition) is 2. The summed E-state index contributed by atoms with van der Waals surface area (Å²) in [4.78, 5) is 0. The van der Waals surface area contributed by atoms with Crippen molar-refractivity contribution >= 4 is 0 Å². The van der Waals surface area contributed by atoms with Crippen LogP contribution < -0.4 is 5.32 Å². The molecule has 0 bridgehead atoms. The number of aliphatic hydroxyl groups is 1. The predicted molar refractivity (Wildman–Crippen MR) is 59.5 cm³/mol. The molecule has 2 heteroatoms. The van der Waals surface area contributed by atoms with E-state index in [2.05, 4.69) is 37.4 Å². The first-order valence-electron chi connectivity index (χ1n) is 4.95. The molecule has 0 amide bonds. The summed E-state index contributed by atoms with van der Waals surface area (Å²) in [6, 6.07) is 8.31. The minimum absolute atomic E-state index is 0.164. The van der Waals surface area contributed by atoms with Crippen molar-refractivity contribution in [2.45, 2.75) is 19.3 Å². The highest BCUT2D eigenvalue weighted by molar-refractivity contribution is 5.29. The molecule has 0 aliphatic heterocycles. The summed E-state index contributed by atoms with van der Waals surface area (Å²) < 4.78 is 0. The van der Waals surface area contributed by atoms with Gasteiger partial charge in [0.2, 0.25) is 0 Å². The zero-order valence-electron chi connectivity index (χ0n) is 9.17. The first kappa shape index (κ1) is 11.2. The third kappa shape index (κ3) is 2.34. The Hall–Kier alpha value is -0.860. The summed E-state index contributed by atoms with van der Waals surface area (Å²) in [5.74, 6) is 0. The molecule has 0 fully saturated rings. The van der Waals surface area contributed by atoms with Gasteiger partial charge in [0.15, 0.2) is 0 Å². The third-order valence-electron chi connectivity index (χ3n) is 2.63. The first-order valence-corrected chi connectivity index (χ1v) is 4.95. The van der Waals surface area contributed by atoms with Crippen molar-refractivity contribution in [2.75, 3.05) is 20.2 Å². The van der Waals surface area contributed by atoms with Gasteiger partial charge in [-0.1, -0.05) is 36.8 Å². The Morgan fingerprint density at radius 3 is 2.64 bits per heavy atom. The molecule has 1 unspecified atom stereocenters. The van der Waals surface area contributed by atoms with Gasteiger partial charge in [-0.15, -0.1) is 0 Å². The lowest BCUT2D eigenvalue weighted by Crippen LogP contribution is -2.37. The Labute approximate surface area is 86.0 Å². The van der Waals surface area contributed by atoms with E-state index in [1.165, 1.54) is 11.1 Å². The van der Waals surface area contributed by atoms with E-state index in [0.29, 0.717) is 0 Å². The first-order chi connectivity index (χ1) is 6.62. The van der Waals surface area contributed by atoms with Gasteiger partial charge in [0.1, 0.15) is 0 Å². The Kier molecular flexibility index (Phi) is 3.67. The molecule has 0 saturated carbocycles. The van der Waals surface area contributed by atoms with E-state index in [-0.39, 0.29) is 12.0 Å². The van der Waals surface area contributed by atoms with Crippen LogP contribution in [0.15, 0.2) is 24.3 Å². The zero-order valence-corrected chi connectivity index (χ0v) is 9.17. The van der Waals surface area contributed by atoms with Crippen LogP contribution in [-0.4, -0.2) is 25.3 Å². The van der Waals surface area contributed by atoms with Crippen LogP contribution in [0, 0.1) is 6.92 Å². The quantitative estimate of drug-likeness (QED) is 0.759. The number of aryl methyl sites for hydroxylation is 1. The monoisotopic (exact) mass is 193 g/mol. The molecule has 0 aliphatic carbocycles. The van der Waals surface area contributed by atoms with Crippen molar-refractivity contribution in [1.29, 1.82) is 0 Å². The van der Waals surface area contributed by atoms with E-state index in [4.69, 9.17) is 0 Å². The number of hydrogen-bond acceptors (Lipinski definition) is 2. The fraction of sp³-hybridized carbons (Fsp3) is 0.500. The molecule has 0 aromatic heterocycles. The lowest BCUT2D eigenvalue weighted by molar-refractivity contribution is 0.204. The second kappa shape index (κ2) is 4.58. The molecule has 78 valence electrons. The lowest BCUT2D eigenvalue weighted by atomic mass is 9.82. The Morgan fingerprint density at radius 1 is 1.43 bits per heavy atom. The summed E-state index contributed by atoms with van der Waals surface area (Å²) >= 11 is 0. The maximum atomic E-state index is 9.42. The van der Waals surface area contributed by atoms with Crippen molar-refractivity contribution in [2.24, 2.45) is 0 Å². The third-order valence-corrected chi connectivity index (χ3v) is 2.63. The standard InChI is InChI=1S/C12H19NO/c1-10-5-4-6-11(7-10)12(2,9-14)8-13-3/h4-7,13-14H,8-9H2,1-3H3. The van der Waals surface area contributed by atoms with Crippen LogP contribution in [-0.2, 0) is 5.41 Å². The van der Waals surface area contributed by atoms with Crippen LogP contribution in [0.5, 0.6) is 0 Å². The molecule has 0 aliphatic rings. The summed E-state index contributed by atoms with van der Waals surface area (Å²) in [5.41, 5.74) is 2.24. The Balaban J connectivity index is 2.99. The number of aliphatic hydroxyl groups excluding tert-OH is 1. The molecule has 1 aromatic rings. The number of benzene rings is 1. The molecule has 0 spiro atoms. The van der Waals surface area contributed by atoms with Crippen molar-refractivity contribution in [3.8, 4) is 0 Å². The minimum Gasteiger partial charge on any atom is -0.395 e. The van der Waals surface area contributed by atoms with Crippen molar-refractivity contribution < 1.29 is 5.11 Å². The van der Waals surface area contributed by atoms with Gasteiger partial charge in [-0.2, -0.15) is 0 Å². The van der Waals surface area contributed by atoms with Gasteiger partial charge in [-0.25, -0.2) is 0 Å². The SMILES string of the molecule is CNCC(C)(CO)c1cccc(C)c1. The minimum atomic E-state index is -0.180. The normalized spacial score (nSPS) is 15.1. The highest BCUT2D eigenvalue weighted by Gasteiger charge is 2.24. The molecule has 2 N–H and O–H groups in total. The molecule has 14 heavy (non-hydrogen) atoms. The molecular formula is C12H19NO. The van der Waals surface area contributed by atoms with E-state index >= 15 is 0 Å². The van der Waals surface area contributed by atoms with Crippen LogP contribution in [0.1, 0.15) is 18.1 Å². The van der Waals surface area contributed by atoms with E-state index in [1.807, 2.05) is 13.1 Å². The maximum Gasteiger partial charge on any atom is 0.0537 e. The number of nitrogens with one attached hydrogen (secondary N) is 1. The van der Waals surface area contributed by atoms with Crippen LogP contribution in [0.2, 0.25) is 0 Å². The van der Waals surface area contributed by atoms with Gasteiger partial charge < -0.3 is 10.4 Å². The van der Waals surface area contributed by atoms with Gasteiger partial charge in [-0.3, -0.25) is 0 Å². The fourth-order valence-electron chi connectivity index (χ4n) is 1.66. The maximum absolute atomic E-state index is 9.42. The topological polar surface area (TPSA) is 32.3 Å². The zero-order chi connectivity index (χ0) is 10.6. The molecule has 0 saturated heterocycles. The van der Waals surface area contributed by atoms with Gasteiger partial charge in [-0.05, 0) is 19.5 Å². The van der Waals surface area contributed by atoms with Gasteiger partial charge >= 0.3 is 0 Å². The molecule has 0 heterocycles. The summed E-state index contributed by atoms with van der Waals surface area (Å²) in [5, 5.41) is 12.5. The molecule has 0 radical (unpaired) electrons. The summed E-state index contributed by atoms with van der Waals surface area (Å²) in [6.07, 6.45) is 0. The second-order valence-electron chi connectivity index (χ2n) is 4.12. The fourth-order valence-corrected chi connectivity index (χ4v) is 1.66. The van der Waals surface area contributed by atoms with E-state index in [1.54, 1.807) is 0 Å². The summed E-state index contributed by atoms with van der Waals surface area (Å²) in [6.45, 7) is 5.09. The second-order valence-corrected chi connectivity index (χ2v) is 4.12. The van der Waals surface area contributed by atoms with Gasteiger partial charge in [0.05, 0.1) is 6.61 Å². The van der Waals surface area contributed by atoms with Crippen molar-refractivity contribution in [3.05, 3.63) is 35.4 Å². The average molecular weight is 193 g/mol. The average Bonchev–Trinajstić information content (AvgIpc) is 2.18. The predicted octanol–water partition coefficient (Wildman–Crippen LogP) is 1.46. The van der Waals surface area contributed by atoms with E-state index < -0.39 is 0 Å². The van der Waals surface area contributed by atoms with E-state index in [9.17, 15) is 5.11 Å². The largest absolute Gasteiger partial charge is 0.395 e. The Morgan fingerprint density at radius 2 is 2.14 bits per heavy atom.